The summed E-state index contributed by atoms with van der Waals surface area (Å²) in [6.07, 6.45) is 0. The lowest BCUT2D eigenvalue weighted by Crippen LogP contribution is -2.12. The molecule has 2 aromatic carbocycles. The number of halogens is 2. The second kappa shape index (κ2) is 6.94. The Bertz CT molecular complexity index is 883. The molecule has 0 saturated carbocycles. The molecule has 0 atom stereocenters. The van der Waals surface area contributed by atoms with Gasteiger partial charge in [0.25, 0.3) is 5.91 Å². The Morgan fingerprint density at radius 2 is 2.00 bits per heavy atom. The molecule has 1 amide bonds. The molecule has 0 radical (unpaired) electrons. The van der Waals surface area contributed by atoms with Gasteiger partial charge in [-0.15, -0.1) is 0 Å². The van der Waals surface area contributed by atoms with E-state index in [0.29, 0.717) is 11.0 Å². The summed E-state index contributed by atoms with van der Waals surface area (Å²) in [5.41, 5.74) is 0.828. The number of methoxy groups -OCH3 is 1. The van der Waals surface area contributed by atoms with Crippen molar-refractivity contribution in [1.82, 2.24) is 9.36 Å². The summed E-state index contributed by atoms with van der Waals surface area (Å²) in [4.78, 5) is 16.4. The molecule has 0 aliphatic rings. The van der Waals surface area contributed by atoms with Gasteiger partial charge < -0.3 is 4.74 Å². The van der Waals surface area contributed by atoms with Crippen molar-refractivity contribution >= 4 is 34.2 Å². The second-order valence-electron chi connectivity index (χ2n) is 4.71. The maximum Gasteiger partial charge on any atom is 0.259 e. The van der Waals surface area contributed by atoms with E-state index in [2.05, 4.69) is 14.7 Å². The third-order valence-corrected chi connectivity index (χ3v) is 4.21. The van der Waals surface area contributed by atoms with E-state index in [4.69, 9.17) is 16.3 Å². The highest BCUT2D eigenvalue weighted by Gasteiger charge is 2.16. The molecular weight excluding hydrogens is 353 g/mol. The zero-order chi connectivity index (χ0) is 17.1. The summed E-state index contributed by atoms with van der Waals surface area (Å²) in [7, 11) is 1.58. The molecule has 1 aromatic heterocycles. The largest absolute Gasteiger partial charge is 0.497 e. The first-order valence-corrected chi connectivity index (χ1v) is 7.97. The van der Waals surface area contributed by atoms with Crippen molar-refractivity contribution < 1.29 is 13.9 Å². The van der Waals surface area contributed by atoms with Crippen molar-refractivity contribution in [2.24, 2.45) is 0 Å². The van der Waals surface area contributed by atoms with Crippen LogP contribution in [0.3, 0.4) is 0 Å². The van der Waals surface area contributed by atoms with Crippen LogP contribution in [0, 0.1) is 5.82 Å². The summed E-state index contributed by atoms with van der Waals surface area (Å²) < 4.78 is 22.7. The van der Waals surface area contributed by atoms with Gasteiger partial charge in [0.1, 0.15) is 11.6 Å². The molecule has 0 saturated heterocycles. The second-order valence-corrected chi connectivity index (χ2v) is 5.84. The first kappa shape index (κ1) is 16.4. The average molecular weight is 364 g/mol. The van der Waals surface area contributed by atoms with Crippen LogP contribution < -0.4 is 10.1 Å². The number of hydrogen-bond acceptors (Lipinski definition) is 5. The molecule has 122 valence electrons. The highest BCUT2D eigenvalue weighted by Crippen LogP contribution is 2.25. The van der Waals surface area contributed by atoms with Gasteiger partial charge in [-0.1, -0.05) is 17.7 Å². The summed E-state index contributed by atoms with van der Waals surface area (Å²) in [6, 6.07) is 11.3. The Balaban J connectivity index is 1.78. The smallest absolute Gasteiger partial charge is 0.259 e. The minimum atomic E-state index is -0.652. The Labute approximate surface area is 146 Å². The molecule has 0 spiro atoms. The van der Waals surface area contributed by atoms with Crippen LogP contribution in [0.2, 0.25) is 5.02 Å². The van der Waals surface area contributed by atoms with Crippen LogP contribution in [-0.4, -0.2) is 22.4 Å². The van der Waals surface area contributed by atoms with Gasteiger partial charge in [-0.3, -0.25) is 10.1 Å². The Kier molecular flexibility index (Phi) is 4.73. The lowest BCUT2D eigenvalue weighted by atomic mass is 10.2. The topological polar surface area (TPSA) is 64.1 Å². The van der Waals surface area contributed by atoms with Crippen molar-refractivity contribution in [3.8, 4) is 17.1 Å². The van der Waals surface area contributed by atoms with E-state index in [1.165, 1.54) is 18.2 Å². The first-order chi connectivity index (χ1) is 11.6. The predicted molar refractivity (Wildman–Crippen MR) is 91.3 cm³/mol. The number of amides is 1. The highest BCUT2D eigenvalue weighted by molar-refractivity contribution is 7.10. The predicted octanol–water partition coefficient (Wildman–Crippen LogP) is 4.26. The minimum Gasteiger partial charge on any atom is -0.497 e. The molecular formula is C16H11ClFN3O2S. The number of anilines is 1. The molecule has 5 nitrogen and oxygen atoms in total. The summed E-state index contributed by atoms with van der Waals surface area (Å²) in [6.45, 7) is 0. The number of ether oxygens (including phenoxy) is 1. The van der Waals surface area contributed by atoms with Gasteiger partial charge in [0.05, 0.1) is 17.7 Å². The number of rotatable bonds is 4. The van der Waals surface area contributed by atoms with Gasteiger partial charge in [0.15, 0.2) is 5.82 Å². The minimum absolute atomic E-state index is 0.0397. The third-order valence-electron chi connectivity index (χ3n) is 3.19. The van der Waals surface area contributed by atoms with Crippen LogP contribution >= 0.6 is 23.1 Å². The van der Waals surface area contributed by atoms with E-state index >= 15 is 0 Å². The molecule has 0 bridgehead atoms. The summed E-state index contributed by atoms with van der Waals surface area (Å²) >= 11 is 6.83. The monoisotopic (exact) mass is 363 g/mol. The van der Waals surface area contributed by atoms with E-state index in [1.54, 1.807) is 19.2 Å². The molecule has 3 rings (SSSR count). The van der Waals surface area contributed by atoms with Crippen molar-refractivity contribution in [2.75, 3.05) is 12.4 Å². The third kappa shape index (κ3) is 3.37. The lowest BCUT2D eigenvalue weighted by Gasteiger charge is -2.04. The fourth-order valence-corrected chi connectivity index (χ4v) is 2.77. The summed E-state index contributed by atoms with van der Waals surface area (Å²) in [5.74, 6) is 0.00368. The number of nitrogens with one attached hydrogen (secondary N) is 1. The van der Waals surface area contributed by atoms with Crippen LogP contribution in [0.5, 0.6) is 5.75 Å². The zero-order valence-electron chi connectivity index (χ0n) is 12.4. The molecule has 0 fully saturated rings. The van der Waals surface area contributed by atoms with Crippen molar-refractivity contribution in [1.29, 1.82) is 0 Å². The Morgan fingerprint density at radius 3 is 2.71 bits per heavy atom. The maximum absolute atomic E-state index is 13.4. The average Bonchev–Trinajstić information content (AvgIpc) is 3.05. The van der Waals surface area contributed by atoms with Crippen molar-refractivity contribution in [3.63, 3.8) is 0 Å². The van der Waals surface area contributed by atoms with Crippen LogP contribution in [0.4, 0.5) is 9.52 Å². The quantitative estimate of drug-likeness (QED) is 0.752. The SMILES string of the molecule is COc1ccc(-c2nsc(NC(=O)c3cccc(F)c3Cl)n2)cc1. The standard InChI is InChI=1S/C16H11ClFN3O2S/c1-23-10-7-5-9(6-8-10)14-19-16(24-21-14)20-15(22)11-3-2-4-12(18)13(11)17/h2-8H,1H3,(H,19,20,21,22). The number of hydrogen-bond donors (Lipinski definition) is 1. The molecule has 0 aliphatic carbocycles. The number of benzene rings is 2. The Hall–Kier alpha value is -2.51. The molecule has 24 heavy (non-hydrogen) atoms. The molecule has 1 heterocycles. The lowest BCUT2D eigenvalue weighted by molar-refractivity contribution is 0.102. The van der Waals surface area contributed by atoms with Crippen molar-refractivity contribution in [3.05, 3.63) is 58.9 Å². The van der Waals surface area contributed by atoms with Gasteiger partial charge in [-0.05, 0) is 36.4 Å². The van der Waals surface area contributed by atoms with Gasteiger partial charge in [0.2, 0.25) is 5.13 Å². The van der Waals surface area contributed by atoms with E-state index < -0.39 is 11.7 Å². The van der Waals surface area contributed by atoms with Crippen LogP contribution in [0.1, 0.15) is 10.4 Å². The normalized spacial score (nSPS) is 10.5. The van der Waals surface area contributed by atoms with E-state index in [0.717, 1.165) is 22.8 Å². The van der Waals surface area contributed by atoms with E-state index in [1.807, 2.05) is 12.1 Å². The van der Waals surface area contributed by atoms with Crippen LogP contribution in [-0.2, 0) is 0 Å². The number of nitrogens with zero attached hydrogens (tertiary/aromatic N) is 2. The fraction of sp³-hybridized carbons (Fsp3) is 0.0625. The number of aromatic nitrogens is 2. The van der Waals surface area contributed by atoms with Gasteiger partial charge in [-0.2, -0.15) is 9.36 Å². The fourth-order valence-electron chi connectivity index (χ4n) is 1.98. The molecule has 1 N–H and O–H groups in total. The van der Waals surface area contributed by atoms with Crippen LogP contribution in [0.15, 0.2) is 42.5 Å². The van der Waals surface area contributed by atoms with E-state index in [-0.39, 0.29) is 10.6 Å². The summed E-state index contributed by atoms with van der Waals surface area (Å²) in [5, 5.41) is 2.64. The van der Waals surface area contributed by atoms with Gasteiger partial charge in [-0.25, -0.2) is 4.39 Å². The maximum atomic E-state index is 13.4. The zero-order valence-corrected chi connectivity index (χ0v) is 14.0. The molecule has 0 aliphatic heterocycles. The Morgan fingerprint density at radius 1 is 1.25 bits per heavy atom. The van der Waals surface area contributed by atoms with Crippen molar-refractivity contribution in [2.45, 2.75) is 0 Å². The molecule has 0 unspecified atom stereocenters. The number of carbonyl (C=O) groups excluding carboxylic acids is 1. The van der Waals surface area contributed by atoms with Gasteiger partial charge >= 0.3 is 0 Å². The molecule has 3 aromatic rings. The van der Waals surface area contributed by atoms with E-state index in [9.17, 15) is 9.18 Å². The number of carbonyl (C=O) groups is 1. The first-order valence-electron chi connectivity index (χ1n) is 6.82. The highest BCUT2D eigenvalue weighted by atomic mass is 35.5. The van der Waals surface area contributed by atoms with Gasteiger partial charge in [0, 0.05) is 17.1 Å². The molecule has 8 heteroatoms. The van der Waals surface area contributed by atoms with Crippen LogP contribution in [0.25, 0.3) is 11.4 Å².